The molecule has 0 aliphatic rings. The minimum absolute atomic E-state index is 0.584. The third kappa shape index (κ3) is 5.37. The highest BCUT2D eigenvalue weighted by Gasteiger charge is 2.12. The largest absolute Gasteiger partial charge is 0.398 e. The van der Waals surface area contributed by atoms with Crippen LogP contribution in [0.1, 0.15) is 16.7 Å². The van der Waals surface area contributed by atoms with E-state index in [0.717, 1.165) is 39.2 Å². The minimum atomic E-state index is 0.584. The van der Waals surface area contributed by atoms with Gasteiger partial charge in [0.1, 0.15) is 0 Å². The Kier molecular flexibility index (Phi) is 7.12. The fourth-order valence-electron chi connectivity index (χ4n) is 5.68. The van der Waals surface area contributed by atoms with Crippen LogP contribution in [0.25, 0.3) is 44.3 Å². The lowest BCUT2D eigenvalue weighted by Gasteiger charge is -2.10. The molecule has 3 nitrogen and oxygen atoms in total. The summed E-state index contributed by atoms with van der Waals surface area (Å²) in [6, 6.07) is 54.9. The molecule has 3 heteroatoms. The van der Waals surface area contributed by atoms with E-state index in [1.807, 2.05) is 54.6 Å². The van der Waals surface area contributed by atoms with Crippen molar-refractivity contribution in [2.45, 2.75) is 6.54 Å². The van der Waals surface area contributed by atoms with Gasteiger partial charge in [-0.1, -0.05) is 133 Å². The van der Waals surface area contributed by atoms with E-state index >= 15 is 0 Å². The average molecular weight is 554 g/mol. The summed E-state index contributed by atoms with van der Waals surface area (Å²) in [5.41, 5.74) is 17.1. The van der Waals surface area contributed by atoms with Crippen molar-refractivity contribution in [3.8, 4) is 16.8 Å². The smallest absolute Gasteiger partial charge is 0.0671 e. The van der Waals surface area contributed by atoms with Crippen molar-refractivity contribution < 1.29 is 0 Å². The summed E-state index contributed by atoms with van der Waals surface area (Å²) in [6.07, 6.45) is 1.98. The summed E-state index contributed by atoms with van der Waals surface area (Å²) in [5.74, 6) is 0. The fourth-order valence-corrected chi connectivity index (χ4v) is 5.68. The summed E-state index contributed by atoms with van der Waals surface area (Å²) in [4.78, 5) is 4.98. The van der Waals surface area contributed by atoms with Crippen LogP contribution < -0.4 is 5.73 Å². The molecule has 0 saturated heterocycles. The second-order valence-corrected chi connectivity index (χ2v) is 10.6. The van der Waals surface area contributed by atoms with Gasteiger partial charge in [-0.2, -0.15) is 0 Å². The fraction of sp³-hybridized carbons (Fsp3) is 0.0250. The number of allylic oxidation sites excluding steroid dienone is 1. The number of fused-ring (bicyclic) bond motifs is 3. The van der Waals surface area contributed by atoms with Gasteiger partial charge in [-0.3, -0.25) is 4.99 Å². The monoisotopic (exact) mass is 553 g/mol. The minimum Gasteiger partial charge on any atom is -0.398 e. The van der Waals surface area contributed by atoms with Crippen LogP contribution in [0.4, 0.5) is 0 Å². The average Bonchev–Trinajstić information content (AvgIpc) is 3.42. The molecule has 0 radical (unpaired) electrons. The Bertz CT molecular complexity index is 2010. The van der Waals surface area contributed by atoms with Crippen molar-refractivity contribution >= 4 is 33.2 Å². The molecular formula is C40H31N3. The molecule has 43 heavy (non-hydrogen) atoms. The molecule has 0 bridgehead atoms. The lowest BCUT2D eigenvalue weighted by Crippen LogP contribution is -2.04. The first-order valence-electron chi connectivity index (χ1n) is 14.5. The maximum Gasteiger partial charge on any atom is 0.0671 e. The van der Waals surface area contributed by atoms with E-state index in [1.165, 1.54) is 21.8 Å². The molecule has 206 valence electrons. The molecule has 0 saturated carbocycles. The van der Waals surface area contributed by atoms with Gasteiger partial charge in [-0.25, -0.2) is 0 Å². The summed E-state index contributed by atoms with van der Waals surface area (Å²) in [7, 11) is 0. The molecule has 0 unspecified atom stereocenters. The molecule has 0 spiro atoms. The van der Waals surface area contributed by atoms with Gasteiger partial charge in [0, 0.05) is 22.2 Å². The van der Waals surface area contributed by atoms with Crippen molar-refractivity contribution in [1.29, 1.82) is 0 Å². The van der Waals surface area contributed by atoms with Crippen molar-refractivity contribution in [2.24, 2.45) is 10.7 Å². The third-order valence-electron chi connectivity index (χ3n) is 7.89. The van der Waals surface area contributed by atoms with Gasteiger partial charge in [0.25, 0.3) is 0 Å². The Morgan fingerprint density at radius 3 is 1.65 bits per heavy atom. The zero-order chi connectivity index (χ0) is 29.0. The number of aliphatic imine (C=N–C) groups is 1. The van der Waals surface area contributed by atoms with Crippen LogP contribution in [0.2, 0.25) is 0 Å². The van der Waals surface area contributed by atoms with Gasteiger partial charge in [-0.15, -0.1) is 0 Å². The topological polar surface area (TPSA) is 43.3 Å². The van der Waals surface area contributed by atoms with Crippen LogP contribution in [0.3, 0.4) is 0 Å². The maximum atomic E-state index is 6.53. The van der Waals surface area contributed by atoms with Crippen molar-refractivity contribution in [3.63, 3.8) is 0 Å². The molecule has 1 heterocycles. The number of hydrogen-bond donors (Lipinski definition) is 1. The molecule has 0 aliphatic carbocycles. The molecule has 1 aromatic heterocycles. The lowest BCUT2D eigenvalue weighted by molar-refractivity contribution is 1.07. The van der Waals surface area contributed by atoms with Gasteiger partial charge in [-0.05, 0) is 58.2 Å². The molecule has 0 amide bonds. The highest BCUT2D eigenvalue weighted by molar-refractivity contribution is 6.12. The molecule has 2 N–H and O–H groups in total. The van der Waals surface area contributed by atoms with E-state index in [9.17, 15) is 0 Å². The number of nitrogens with zero attached hydrogens (tertiary/aromatic N) is 2. The Labute approximate surface area is 251 Å². The number of hydrogen-bond acceptors (Lipinski definition) is 2. The quantitative estimate of drug-likeness (QED) is 0.196. The van der Waals surface area contributed by atoms with Crippen LogP contribution in [0.15, 0.2) is 169 Å². The van der Waals surface area contributed by atoms with Crippen LogP contribution in [0, 0.1) is 0 Å². The normalized spacial score (nSPS) is 12.2. The van der Waals surface area contributed by atoms with Gasteiger partial charge in [0.05, 0.1) is 23.3 Å². The highest BCUT2D eigenvalue weighted by Crippen LogP contribution is 2.32. The van der Waals surface area contributed by atoms with Crippen molar-refractivity contribution in [2.75, 3.05) is 0 Å². The summed E-state index contributed by atoms with van der Waals surface area (Å²) in [6.45, 7) is 0.584. The number of rotatable bonds is 7. The number of aromatic nitrogens is 1. The van der Waals surface area contributed by atoms with Crippen LogP contribution in [0.5, 0.6) is 0 Å². The standard InChI is InChI=1S/C40H31N3/c41-37(32-13-5-2-6-14-32)27-38(42-28-29-11-3-1-4-12-29)33-21-19-30(20-22-33)31-23-25-34(26-24-31)43-39-17-9-7-15-35(39)36-16-8-10-18-40(36)43/h1-27H,28,41H2/b37-27-,42-38+. The molecule has 7 aromatic rings. The Morgan fingerprint density at radius 1 is 0.535 bits per heavy atom. The Balaban J connectivity index is 1.20. The number of benzene rings is 6. The molecule has 0 atom stereocenters. The third-order valence-corrected chi connectivity index (χ3v) is 7.89. The first-order chi connectivity index (χ1) is 21.2. The SMILES string of the molecule is N/C(=C\C(=N/Cc1ccccc1)c1ccc(-c2ccc(-n3c4ccccc4c4ccccc43)cc2)cc1)c1ccccc1. The highest BCUT2D eigenvalue weighted by atomic mass is 15.0. The molecular weight excluding hydrogens is 522 g/mol. The van der Waals surface area contributed by atoms with Crippen LogP contribution in [-0.4, -0.2) is 10.3 Å². The lowest BCUT2D eigenvalue weighted by atomic mass is 10.0. The van der Waals surface area contributed by atoms with Gasteiger partial charge >= 0.3 is 0 Å². The first-order valence-corrected chi connectivity index (χ1v) is 14.5. The summed E-state index contributed by atoms with van der Waals surface area (Å²) in [5, 5.41) is 2.54. The first kappa shape index (κ1) is 26.2. The second-order valence-electron chi connectivity index (χ2n) is 10.6. The van der Waals surface area contributed by atoms with Gasteiger partial charge in [0.15, 0.2) is 0 Å². The zero-order valence-corrected chi connectivity index (χ0v) is 23.8. The van der Waals surface area contributed by atoms with E-state index in [1.54, 1.807) is 0 Å². The summed E-state index contributed by atoms with van der Waals surface area (Å²) >= 11 is 0. The second kappa shape index (κ2) is 11.7. The summed E-state index contributed by atoms with van der Waals surface area (Å²) < 4.78 is 2.34. The zero-order valence-electron chi connectivity index (χ0n) is 23.8. The van der Waals surface area contributed by atoms with Gasteiger partial charge in [0.2, 0.25) is 0 Å². The predicted octanol–water partition coefficient (Wildman–Crippen LogP) is 9.44. The Morgan fingerprint density at radius 2 is 1.05 bits per heavy atom. The van der Waals surface area contributed by atoms with Crippen molar-refractivity contribution in [3.05, 3.63) is 180 Å². The molecule has 0 aliphatic heterocycles. The molecule has 0 fully saturated rings. The van der Waals surface area contributed by atoms with Crippen LogP contribution in [-0.2, 0) is 6.54 Å². The number of nitrogens with two attached hydrogens (primary N) is 1. The van der Waals surface area contributed by atoms with Crippen molar-refractivity contribution in [1.82, 2.24) is 4.57 Å². The number of para-hydroxylation sites is 2. The van der Waals surface area contributed by atoms with Crippen LogP contribution >= 0.6 is 0 Å². The van der Waals surface area contributed by atoms with E-state index in [2.05, 4.69) is 114 Å². The van der Waals surface area contributed by atoms with E-state index in [4.69, 9.17) is 10.7 Å². The van der Waals surface area contributed by atoms with Gasteiger partial charge < -0.3 is 10.3 Å². The molecule has 7 rings (SSSR count). The van der Waals surface area contributed by atoms with E-state index < -0.39 is 0 Å². The Hall–Kier alpha value is -5.67. The van der Waals surface area contributed by atoms with E-state index in [0.29, 0.717) is 12.2 Å². The predicted molar refractivity (Wildman–Crippen MR) is 182 cm³/mol. The molecule has 6 aromatic carbocycles. The van der Waals surface area contributed by atoms with E-state index in [-0.39, 0.29) is 0 Å². The maximum absolute atomic E-state index is 6.53.